The summed E-state index contributed by atoms with van der Waals surface area (Å²) in [5.41, 5.74) is 0. The lowest BCUT2D eigenvalue weighted by molar-refractivity contribution is -0.143. The van der Waals surface area contributed by atoms with Crippen molar-refractivity contribution in [2.24, 2.45) is 5.92 Å². The molecule has 0 rings (SSSR count). The molecule has 2 N–H and O–H groups in total. The Bertz CT molecular complexity index is 171. The van der Waals surface area contributed by atoms with Crippen molar-refractivity contribution in [1.29, 1.82) is 0 Å². The van der Waals surface area contributed by atoms with Crippen LogP contribution in [0.1, 0.15) is 33.1 Å². The van der Waals surface area contributed by atoms with E-state index in [1.165, 1.54) is 7.11 Å². The summed E-state index contributed by atoms with van der Waals surface area (Å²) in [6.07, 6.45) is 2.43. The van der Waals surface area contributed by atoms with Gasteiger partial charge in [0.25, 0.3) is 0 Å². The molecule has 0 radical (unpaired) electrons. The van der Waals surface area contributed by atoms with E-state index in [0.717, 1.165) is 25.8 Å². The van der Waals surface area contributed by atoms with Gasteiger partial charge in [-0.05, 0) is 31.7 Å². The maximum Gasteiger partial charge on any atom is 0.322 e. The molecule has 0 fully saturated rings. The molecule has 0 saturated heterocycles. The van der Waals surface area contributed by atoms with Gasteiger partial charge in [0.15, 0.2) is 0 Å². The molecule has 0 amide bonds. The second kappa shape index (κ2) is 8.68. The normalized spacial score (nSPS) is 12.9. The number of methoxy groups -OCH3 is 1. The zero-order chi connectivity index (χ0) is 11.7. The molecule has 0 aromatic carbocycles. The van der Waals surface area contributed by atoms with Crippen molar-refractivity contribution >= 4 is 5.97 Å². The summed E-state index contributed by atoms with van der Waals surface area (Å²) in [7, 11) is 1.41. The maximum absolute atomic E-state index is 11.4. The Kier molecular flexibility index (Phi) is 8.33. The van der Waals surface area contributed by atoms with Crippen LogP contribution in [0.2, 0.25) is 0 Å². The van der Waals surface area contributed by atoms with Crippen molar-refractivity contribution in [2.45, 2.75) is 39.2 Å². The van der Waals surface area contributed by atoms with Gasteiger partial charge in [0.05, 0.1) is 7.11 Å². The van der Waals surface area contributed by atoms with Crippen LogP contribution in [0, 0.1) is 5.92 Å². The predicted octanol–water partition coefficient (Wildman–Crippen LogP) is 0.936. The second-order valence-electron chi connectivity index (χ2n) is 4.09. The fraction of sp³-hybridized carbons (Fsp3) is 0.909. The summed E-state index contributed by atoms with van der Waals surface area (Å²) in [5.74, 6) is 0.257. The Morgan fingerprint density at radius 3 is 2.53 bits per heavy atom. The number of aliphatic hydroxyl groups is 1. The number of hydrogen-bond acceptors (Lipinski definition) is 4. The van der Waals surface area contributed by atoms with Gasteiger partial charge >= 0.3 is 5.97 Å². The highest BCUT2D eigenvalue weighted by atomic mass is 16.5. The van der Waals surface area contributed by atoms with Gasteiger partial charge in [0.2, 0.25) is 0 Å². The van der Waals surface area contributed by atoms with Crippen LogP contribution >= 0.6 is 0 Å². The maximum atomic E-state index is 11.4. The standard InChI is InChI=1S/C11H23NO3/c1-9(2)8-10(11(14)15-3)12-6-4-5-7-13/h9-10,12-13H,4-8H2,1-3H3. The lowest BCUT2D eigenvalue weighted by atomic mass is 10.0. The zero-order valence-corrected chi connectivity index (χ0v) is 9.95. The van der Waals surface area contributed by atoms with Crippen LogP contribution in [-0.2, 0) is 9.53 Å². The Hall–Kier alpha value is -0.610. The molecule has 4 nitrogen and oxygen atoms in total. The highest BCUT2D eigenvalue weighted by Crippen LogP contribution is 2.06. The van der Waals surface area contributed by atoms with E-state index in [1.54, 1.807) is 0 Å². The molecule has 0 aromatic heterocycles. The second-order valence-corrected chi connectivity index (χ2v) is 4.09. The molecule has 0 saturated carbocycles. The minimum atomic E-state index is -0.214. The van der Waals surface area contributed by atoms with Gasteiger partial charge in [-0.15, -0.1) is 0 Å². The summed E-state index contributed by atoms with van der Waals surface area (Å²) in [4.78, 5) is 11.4. The SMILES string of the molecule is COC(=O)C(CC(C)C)NCCCCO. The van der Waals surface area contributed by atoms with Crippen molar-refractivity contribution in [3.8, 4) is 0 Å². The van der Waals surface area contributed by atoms with E-state index in [-0.39, 0.29) is 18.6 Å². The summed E-state index contributed by atoms with van der Waals surface area (Å²) >= 11 is 0. The predicted molar refractivity (Wildman–Crippen MR) is 59.6 cm³/mol. The van der Waals surface area contributed by atoms with Gasteiger partial charge in [-0.2, -0.15) is 0 Å². The number of ether oxygens (including phenoxy) is 1. The highest BCUT2D eigenvalue weighted by molar-refractivity contribution is 5.75. The van der Waals surface area contributed by atoms with Crippen LogP contribution in [0.5, 0.6) is 0 Å². The number of carbonyl (C=O) groups is 1. The first-order valence-corrected chi connectivity index (χ1v) is 5.53. The number of nitrogens with one attached hydrogen (secondary N) is 1. The largest absolute Gasteiger partial charge is 0.468 e. The summed E-state index contributed by atoms with van der Waals surface area (Å²) in [5, 5.41) is 11.8. The third kappa shape index (κ3) is 7.33. The average molecular weight is 217 g/mol. The van der Waals surface area contributed by atoms with Crippen molar-refractivity contribution in [1.82, 2.24) is 5.32 Å². The first-order valence-electron chi connectivity index (χ1n) is 5.53. The minimum Gasteiger partial charge on any atom is -0.468 e. The smallest absolute Gasteiger partial charge is 0.322 e. The first kappa shape index (κ1) is 14.4. The lowest BCUT2D eigenvalue weighted by Gasteiger charge is -2.18. The van der Waals surface area contributed by atoms with Crippen LogP contribution in [0.3, 0.4) is 0 Å². The molecule has 1 atom stereocenters. The van der Waals surface area contributed by atoms with E-state index in [2.05, 4.69) is 19.2 Å². The topological polar surface area (TPSA) is 58.6 Å². The minimum absolute atomic E-state index is 0.201. The molecule has 0 aliphatic heterocycles. The fourth-order valence-electron chi connectivity index (χ4n) is 1.39. The number of rotatable bonds is 8. The molecular formula is C11H23NO3. The number of unbranched alkanes of at least 4 members (excludes halogenated alkanes) is 1. The van der Waals surface area contributed by atoms with E-state index in [1.807, 2.05) is 0 Å². The van der Waals surface area contributed by atoms with E-state index in [9.17, 15) is 4.79 Å². The van der Waals surface area contributed by atoms with E-state index in [0.29, 0.717) is 5.92 Å². The fourth-order valence-corrected chi connectivity index (χ4v) is 1.39. The quantitative estimate of drug-likeness (QED) is 0.469. The van der Waals surface area contributed by atoms with Crippen LogP contribution in [0.4, 0.5) is 0 Å². The molecular weight excluding hydrogens is 194 g/mol. The van der Waals surface area contributed by atoms with E-state index >= 15 is 0 Å². The van der Waals surface area contributed by atoms with E-state index < -0.39 is 0 Å². The molecule has 0 aromatic rings. The summed E-state index contributed by atoms with van der Waals surface area (Å²) in [6, 6.07) is -0.214. The highest BCUT2D eigenvalue weighted by Gasteiger charge is 2.19. The van der Waals surface area contributed by atoms with Crippen molar-refractivity contribution < 1.29 is 14.6 Å². The molecule has 90 valence electrons. The van der Waals surface area contributed by atoms with Gasteiger partial charge in [0.1, 0.15) is 6.04 Å². The summed E-state index contributed by atoms with van der Waals surface area (Å²) in [6.45, 7) is 5.10. The first-order chi connectivity index (χ1) is 7.11. The zero-order valence-electron chi connectivity index (χ0n) is 9.95. The van der Waals surface area contributed by atoms with Gasteiger partial charge in [-0.1, -0.05) is 13.8 Å². The average Bonchev–Trinajstić information content (AvgIpc) is 2.21. The molecule has 1 unspecified atom stereocenters. The van der Waals surface area contributed by atoms with Gasteiger partial charge in [-0.25, -0.2) is 0 Å². The molecule has 0 aliphatic carbocycles. The molecule has 0 aliphatic rings. The van der Waals surface area contributed by atoms with Gasteiger partial charge in [0, 0.05) is 6.61 Å². The number of esters is 1. The van der Waals surface area contributed by atoms with Crippen molar-refractivity contribution in [3.05, 3.63) is 0 Å². The number of hydrogen-bond donors (Lipinski definition) is 2. The molecule has 15 heavy (non-hydrogen) atoms. The van der Waals surface area contributed by atoms with Crippen LogP contribution in [0.15, 0.2) is 0 Å². The molecule has 0 bridgehead atoms. The van der Waals surface area contributed by atoms with E-state index in [4.69, 9.17) is 9.84 Å². The number of carbonyl (C=O) groups excluding carboxylic acids is 1. The molecule has 4 heteroatoms. The monoisotopic (exact) mass is 217 g/mol. The molecule has 0 heterocycles. The Balaban J connectivity index is 3.85. The van der Waals surface area contributed by atoms with Crippen molar-refractivity contribution in [3.63, 3.8) is 0 Å². The van der Waals surface area contributed by atoms with Crippen molar-refractivity contribution in [2.75, 3.05) is 20.3 Å². The Labute approximate surface area is 92.0 Å². The summed E-state index contributed by atoms with van der Waals surface area (Å²) < 4.78 is 4.72. The third-order valence-electron chi connectivity index (χ3n) is 2.17. The molecule has 0 spiro atoms. The lowest BCUT2D eigenvalue weighted by Crippen LogP contribution is -2.39. The van der Waals surface area contributed by atoms with Crippen LogP contribution in [-0.4, -0.2) is 37.4 Å². The Morgan fingerprint density at radius 1 is 1.40 bits per heavy atom. The van der Waals surface area contributed by atoms with Crippen LogP contribution in [0.25, 0.3) is 0 Å². The third-order valence-corrected chi connectivity index (χ3v) is 2.17. The Morgan fingerprint density at radius 2 is 2.07 bits per heavy atom. The van der Waals surface area contributed by atoms with Crippen LogP contribution < -0.4 is 5.32 Å². The van der Waals surface area contributed by atoms with Gasteiger partial charge in [-0.3, -0.25) is 4.79 Å². The van der Waals surface area contributed by atoms with Gasteiger partial charge < -0.3 is 15.2 Å². The number of aliphatic hydroxyl groups excluding tert-OH is 1.